The van der Waals surface area contributed by atoms with Gasteiger partial charge in [0.05, 0.1) is 0 Å². The molecule has 0 aromatic heterocycles. The monoisotopic (exact) mass is 255 g/mol. The van der Waals surface area contributed by atoms with Crippen molar-refractivity contribution in [3.05, 3.63) is 0 Å². The highest BCUT2D eigenvalue weighted by molar-refractivity contribution is 5.95. The molecule has 0 aromatic rings. The first-order chi connectivity index (χ1) is 8.02. The fraction of sp³-hybridized carbons (Fsp3) is 0.846. The molecule has 3 amide bonds. The van der Waals surface area contributed by atoms with E-state index in [2.05, 4.69) is 10.6 Å². The Morgan fingerprint density at radius 1 is 1.28 bits per heavy atom. The smallest absolute Gasteiger partial charge is 0.324 e. The third kappa shape index (κ3) is 3.98. The first kappa shape index (κ1) is 15.0. The van der Waals surface area contributed by atoms with E-state index >= 15 is 0 Å². The number of nitrogens with one attached hydrogen (secondary N) is 2. The van der Waals surface area contributed by atoms with Crippen molar-refractivity contribution in [1.82, 2.24) is 15.5 Å². The molecule has 1 rings (SSSR count). The van der Waals surface area contributed by atoms with Crippen LogP contribution in [0.4, 0.5) is 4.79 Å². The van der Waals surface area contributed by atoms with Gasteiger partial charge in [-0.3, -0.25) is 9.69 Å². The molecule has 0 radical (unpaired) electrons. The number of urea groups is 1. The molecular weight excluding hydrogens is 230 g/mol. The molecule has 0 spiro atoms. The molecule has 0 bridgehead atoms. The molecule has 5 heteroatoms. The highest BCUT2D eigenvalue weighted by Crippen LogP contribution is 2.22. The average Bonchev–Trinajstić information content (AvgIpc) is 2.16. The second kappa shape index (κ2) is 4.88. The van der Waals surface area contributed by atoms with E-state index in [0.717, 1.165) is 0 Å². The Bertz CT molecular complexity index is 348. The number of hydrogen-bond donors (Lipinski definition) is 2. The third-order valence-corrected chi connectivity index (χ3v) is 2.78. The van der Waals surface area contributed by atoms with Crippen molar-refractivity contribution in [3.63, 3.8) is 0 Å². The lowest BCUT2D eigenvalue weighted by molar-refractivity contribution is -0.128. The number of amides is 3. The molecular formula is C13H25N3O2. The Morgan fingerprint density at radius 2 is 1.83 bits per heavy atom. The predicted octanol–water partition coefficient (Wildman–Crippen LogP) is 1.48. The maximum Gasteiger partial charge on any atom is 0.324 e. The van der Waals surface area contributed by atoms with Gasteiger partial charge in [-0.1, -0.05) is 0 Å². The minimum Gasteiger partial charge on any atom is -0.335 e. The van der Waals surface area contributed by atoms with Crippen LogP contribution in [-0.2, 0) is 4.79 Å². The molecule has 0 aromatic carbocycles. The number of nitrogens with zero attached hydrogens (tertiary/aromatic N) is 1. The Kier molecular flexibility index (Phi) is 4.05. The van der Waals surface area contributed by atoms with Crippen LogP contribution in [0.5, 0.6) is 0 Å². The summed E-state index contributed by atoms with van der Waals surface area (Å²) in [6.07, 6.45) is 0.321. The van der Waals surface area contributed by atoms with E-state index < -0.39 is 0 Å². The van der Waals surface area contributed by atoms with E-state index in [1.807, 2.05) is 41.5 Å². The fourth-order valence-corrected chi connectivity index (χ4v) is 2.47. The van der Waals surface area contributed by atoms with Crippen LogP contribution in [0.2, 0.25) is 0 Å². The molecule has 1 aliphatic rings. The van der Waals surface area contributed by atoms with Crippen LogP contribution in [0.15, 0.2) is 0 Å². The SMILES string of the molecule is CC(C)NC(=O)N1CC(C)(C)NC(C)(C)CC1=O. The van der Waals surface area contributed by atoms with Gasteiger partial charge < -0.3 is 10.6 Å². The van der Waals surface area contributed by atoms with Crippen LogP contribution < -0.4 is 10.6 Å². The van der Waals surface area contributed by atoms with Crippen molar-refractivity contribution >= 4 is 11.9 Å². The first-order valence-electron chi connectivity index (χ1n) is 6.43. The van der Waals surface area contributed by atoms with Gasteiger partial charge in [0.15, 0.2) is 0 Å². The van der Waals surface area contributed by atoms with Gasteiger partial charge in [-0.2, -0.15) is 0 Å². The molecule has 18 heavy (non-hydrogen) atoms. The molecule has 1 fully saturated rings. The summed E-state index contributed by atoms with van der Waals surface area (Å²) >= 11 is 0. The van der Waals surface area contributed by atoms with Crippen molar-refractivity contribution in [2.45, 2.75) is 65.1 Å². The number of rotatable bonds is 1. The van der Waals surface area contributed by atoms with Crippen molar-refractivity contribution in [2.24, 2.45) is 0 Å². The van der Waals surface area contributed by atoms with Gasteiger partial charge in [0.1, 0.15) is 0 Å². The summed E-state index contributed by atoms with van der Waals surface area (Å²) in [5.74, 6) is -0.128. The minimum absolute atomic E-state index is 0.0256. The van der Waals surface area contributed by atoms with E-state index in [4.69, 9.17) is 0 Å². The summed E-state index contributed by atoms with van der Waals surface area (Å²) in [7, 11) is 0. The van der Waals surface area contributed by atoms with Crippen LogP contribution in [0.25, 0.3) is 0 Å². The highest BCUT2D eigenvalue weighted by atomic mass is 16.2. The van der Waals surface area contributed by atoms with Crippen LogP contribution >= 0.6 is 0 Å². The zero-order valence-electron chi connectivity index (χ0n) is 12.3. The Hall–Kier alpha value is -1.10. The van der Waals surface area contributed by atoms with Crippen molar-refractivity contribution < 1.29 is 9.59 Å². The topological polar surface area (TPSA) is 61.4 Å². The molecule has 0 unspecified atom stereocenters. The maximum atomic E-state index is 12.2. The summed E-state index contributed by atoms with van der Waals surface area (Å²) in [6, 6.07) is -0.278. The molecule has 2 N–H and O–H groups in total. The summed E-state index contributed by atoms with van der Waals surface area (Å²) in [5.41, 5.74) is -0.586. The van der Waals surface area contributed by atoms with E-state index in [1.54, 1.807) is 0 Å². The molecule has 1 aliphatic heterocycles. The minimum atomic E-state index is -0.303. The molecule has 0 atom stereocenters. The van der Waals surface area contributed by atoms with Gasteiger partial charge in [0.25, 0.3) is 0 Å². The normalized spacial score (nSPS) is 22.8. The molecule has 1 saturated heterocycles. The Balaban J connectivity index is 2.91. The number of carbonyl (C=O) groups excluding carboxylic acids is 2. The number of imide groups is 1. The van der Waals surface area contributed by atoms with Gasteiger partial charge in [-0.15, -0.1) is 0 Å². The Morgan fingerprint density at radius 3 is 2.33 bits per heavy atom. The zero-order chi connectivity index (χ0) is 14.1. The molecule has 0 aliphatic carbocycles. The van der Waals surface area contributed by atoms with Gasteiger partial charge >= 0.3 is 6.03 Å². The predicted molar refractivity (Wildman–Crippen MR) is 71.3 cm³/mol. The largest absolute Gasteiger partial charge is 0.335 e. The van der Waals surface area contributed by atoms with Crippen LogP contribution in [0, 0.1) is 0 Å². The maximum absolute atomic E-state index is 12.2. The standard InChI is InChI=1S/C13H25N3O2/c1-9(2)14-11(18)16-8-13(5,6)15-12(3,4)7-10(16)17/h9,15H,7-8H2,1-6H3,(H,14,18). The van der Waals surface area contributed by atoms with Crippen LogP contribution in [0.3, 0.4) is 0 Å². The molecule has 0 saturated carbocycles. The summed E-state index contributed by atoms with van der Waals surface area (Å²) in [6.45, 7) is 12.1. The summed E-state index contributed by atoms with van der Waals surface area (Å²) in [5, 5.41) is 6.19. The number of hydrogen-bond acceptors (Lipinski definition) is 3. The molecule has 1 heterocycles. The van der Waals surface area contributed by atoms with Crippen LogP contribution in [0.1, 0.15) is 48.0 Å². The summed E-state index contributed by atoms with van der Waals surface area (Å²) in [4.78, 5) is 25.5. The second-order valence-electron chi connectivity index (χ2n) is 6.65. The highest BCUT2D eigenvalue weighted by Gasteiger charge is 2.39. The quantitative estimate of drug-likeness (QED) is 0.746. The first-order valence-corrected chi connectivity index (χ1v) is 6.43. The van der Waals surface area contributed by atoms with Crippen molar-refractivity contribution in [2.75, 3.05) is 6.54 Å². The van der Waals surface area contributed by atoms with Crippen LogP contribution in [-0.4, -0.2) is 40.5 Å². The van der Waals surface area contributed by atoms with E-state index in [0.29, 0.717) is 13.0 Å². The zero-order valence-corrected chi connectivity index (χ0v) is 12.3. The average molecular weight is 255 g/mol. The van der Waals surface area contributed by atoms with Crippen molar-refractivity contribution in [1.29, 1.82) is 0 Å². The van der Waals surface area contributed by atoms with Gasteiger partial charge in [-0.25, -0.2) is 4.79 Å². The van der Waals surface area contributed by atoms with E-state index in [9.17, 15) is 9.59 Å². The van der Waals surface area contributed by atoms with Gasteiger partial charge in [-0.05, 0) is 41.5 Å². The lowest BCUT2D eigenvalue weighted by Gasteiger charge is -2.34. The number of carbonyl (C=O) groups is 2. The second-order valence-corrected chi connectivity index (χ2v) is 6.65. The van der Waals surface area contributed by atoms with Gasteiger partial charge in [0, 0.05) is 30.1 Å². The van der Waals surface area contributed by atoms with E-state index in [-0.39, 0.29) is 29.1 Å². The summed E-state index contributed by atoms with van der Waals surface area (Å²) < 4.78 is 0. The lowest BCUT2D eigenvalue weighted by atomic mass is 9.96. The lowest BCUT2D eigenvalue weighted by Crippen LogP contribution is -2.55. The van der Waals surface area contributed by atoms with E-state index in [1.165, 1.54) is 4.90 Å². The fourth-order valence-electron chi connectivity index (χ4n) is 2.47. The molecule has 5 nitrogen and oxygen atoms in total. The van der Waals surface area contributed by atoms with Crippen molar-refractivity contribution in [3.8, 4) is 0 Å². The van der Waals surface area contributed by atoms with Gasteiger partial charge in [0.2, 0.25) is 5.91 Å². The molecule has 104 valence electrons. The Labute approximate surface area is 109 Å². The third-order valence-electron chi connectivity index (χ3n) is 2.78.